The van der Waals surface area contributed by atoms with Gasteiger partial charge in [-0.05, 0) is 68.4 Å². The standard InChI is InChI=1S/C23H26N2O3S/c1-14(2)28-19-9-6-16(12-20(19)27-4)7-10-22(26)25-23-18(13-24)17-8-5-15(3)11-21(17)29-23/h6-7,9-10,12,14-15H,5,8,11H2,1-4H3,(H,25,26). The van der Waals surface area contributed by atoms with Crippen LogP contribution in [0.25, 0.3) is 6.08 Å². The Morgan fingerprint density at radius 2 is 2.17 bits per heavy atom. The van der Waals surface area contributed by atoms with Crippen molar-refractivity contribution in [3.05, 3.63) is 45.8 Å². The first-order valence-corrected chi connectivity index (χ1v) is 10.6. The molecule has 6 heteroatoms. The maximum absolute atomic E-state index is 12.4. The Balaban J connectivity index is 1.73. The minimum Gasteiger partial charge on any atom is -0.493 e. The van der Waals surface area contributed by atoms with Gasteiger partial charge in [-0.15, -0.1) is 11.3 Å². The van der Waals surface area contributed by atoms with Crippen LogP contribution < -0.4 is 14.8 Å². The number of carbonyl (C=O) groups excluding carboxylic acids is 1. The zero-order valence-corrected chi connectivity index (χ0v) is 18.1. The van der Waals surface area contributed by atoms with Crippen molar-refractivity contribution in [1.29, 1.82) is 5.26 Å². The fourth-order valence-corrected chi connectivity index (χ4v) is 4.79. The summed E-state index contributed by atoms with van der Waals surface area (Å²) < 4.78 is 11.1. The Hall–Kier alpha value is -2.78. The molecule has 2 aromatic rings. The Morgan fingerprint density at radius 1 is 1.38 bits per heavy atom. The van der Waals surface area contributed by atoms with Crippen molar-refractivity contribution >= 4 is 28.3 Å². The van der Waals surface area contributed by atoms with Gasteiger partial charge in [0, 0.05) is 11.0 Å². The average Bonchev–Trinajstić information content (AvgIpc) is 3.02. The van der Waals surface area contributed by atoms with Crippen LogP contribution >= 0.6 is 11.3 Å². The molecule has 0 aliphatic heterocycles. The molecule has 3 rings (SSSR count). The molecule has 0 fully saturated rings. The van der Waals surface area contributed by atoms with Crippen molar-refractivity contribution in [2.24, 2.45) is 5.92 Å². The van der Waals surface area contributed by atoms with Crippen LogP contribution in [0, 0.1) is 17.2 Å². The summed E-state index contributed by atoms with van der Waals surface area (Å²) in [5.41, 5.74) is 2.56. The van der Waals surface area contributed by atoms with Gasteiger partial charge in [0.15, 0.2) is 11.5 Å². The lowest BCUT2D eigenvalue weighted by molar-refractivity contribution is -0.111. The van der Waals surface area contributed by atoms with Crippen molar-refractivity contribution in [3.63, 3.8) is 0 Å². The molecule has 0 saturated carbocycles. The van der Waals surface area contributed by atoms with Gasteiger partial charge in [-0.2, -0.15) is 5.26 Å². The molecular weight excluding hydrogens is 384 g/mol. The molecule has 1 amide bonds. The minimum atomic E-state index is -0.255. The van der Waals surface area contributed by atoms with Gasteiger partial charge in [0.2, 0.25) is 5.91 Å². The van der Waals surface area contributed by atoms with E-state index in [2.05, 4.69) is 18.3 Å². The second kappa shape index (κ2) is 9.15. The number of nitrogens with zero attached hydrogens (tertiary/aromatic N) is 1. The van der Waals surface area contributed by atoms with E-state index in [1.54, 1.807) is 13.2 Å². The molecule has 1 aromatic carbocycles. The Bertz CT molecular complexity index is 969. The number of nitriles is 1. The summed E-state index contributed by atoms with van der Waals surface area (Å²) in [4.78, 5) is 13.7. The highest BCUT2D eigenvalue weighted by atomic mass is 32.1. The summed E-state index contributed by atoms with van der Waals surface area (Å²) in [6, 6.07) is 7.81. The Kier molecular flexibility index (Phi) is 6.60. The third-order valence-electron chi connectivity index (χ3n) is 4.84. The lowest BCUT2D eigenvalue weighted by atomic mass is 9.89. The SMILES string of the molecule is COc1cc(C=CC(=O)Nc2sc3c(c2C#N)CCC(C)C3)ccc1OC(C)C. The second-order valence-electron chi connectivity index (χ2n) is 7.57. The van der Waals surface area contributed by atoms with Crippen LogP contribution in [-0.2, 0) is 17.6 Å². The van der Waals surface area contributed by atoms with Crippen molar-refractivity contribution in [1.82, 2.24) is 0 Å². The van der Waals surface area contributed by atoms with E-state index >= 15 is 0 Å². The monoisotopic (exact) mass is 410 g/mol. The van der Waals surface area contributed by atoms with Gasteiger partial charge in [0.1, 0.15) is 11.1 Å². The quantitative estimate of drug-likeness (QED) is 0.665. The maximum Gasteiger partial charge on any atom is 0.249 e. The summed E-state index contributed by atoms with van der Waals surface area (Å²) >= 11 is 1.53. The van der Waals surface area contributed by atoms with Gasteiger partial charge < -0.3 is 14.8 Å². The smallest absolute Gasteiger partial charge is 0.249 e. The average molecular weight is 411 g/mol. The van der Waals surface area contributed by atoms with Gasteiger partial charge in [0.25, 0.3) is 0 Å². The maximum atomic E-state index is 12.4. The molecule has 0 spiro atoms. The number of carbonyl (C=O) groups is 1. The molecule has 152 valence electrons. The van der Waals surface area contributed by atoms with Crippen molar-refractivity contribution in [3.8, 4) is 17.6 Å². The van der Waals surface area contributed by atoms with Gasteiger partial charge in [-0.25, -0.2) is 0 Å². The topological polar surface area (TPSA) is 71.3 Å². The summed E-state index contributed by atoms with van der Waals surface area (Å²) in [5, 5.41) is 13.1. The predicted octanol–water partition coefficient (Wildman–Crippen LogP) is 5.19. The van der Waals surface area contributed by atoms with Crippen LogP contribution in [0.3, 0.4) is 0 Å². The molecule has 29 heavy (non-hydrogen) atoms. The van der Waals surface area contributed by atoms with Gasteiger partial charge in [0.05, 0.1) is 18.8 Å². The molecule has 1 aliphatic rings. The van der Waals surface area contributed by atoms with E-state index in [1.165, 1.54) is 22.3 Å². The van der Waals surface area contributed by atoms with Gasteiger partial charge >= 0.3 is 0 Å². The fourth-order valence-electron chi connectivity index (χ4n) is 3.42. The number of amides is 1. The summed E-state index contributed by atoms with van der Waals surface area (Å²) in [6.45, 7) is 6.13. The fraction of sp³-hybridized carbons (Fsp3) is 0.391. The number of benzene rings is 1. The number of fused-ring (bicyclic) bond motifs is 1. The van der Waals surface area contributed by atoms with E-state index < -0.39 is 0 Å². The minimum absolute atomic E-state index is 0.0463. The van der Waals surface area contributed by atoms with Crippen LogP contribution in [0.15, 0.2) is 24.3 Å². The van der Waals surface area contributed by atoms with Crippen LogP contribution in [0.1, 0.15) is 48.8 Å². The number of thiophene rings is 1. The highest BCUT2D eigenvalue weighted by Crippen LogP contribution is 2.39. The number of hydrogen-bond donors (Lipinski definition) is 1. The molecule has 1 unspecified atom stereocenters. The van der Waals surface area contributed by atoms with Crippen LogP contribution in [0.2, 0.25) is 0 Å². The second-order valence-corrected chi connectivity index (χ2v) is 8.67. The highest BCUT2D eigenvalue weighted by Gasteiger charge is 2.24. The van der Waals surface area contributed by atoms with Crippen LogP contribution in [0.4, 0.5) is 5.00 Å². The molecular formula is C23H26N2O3S. The van der Waals surface area contributed by atoms with Crippen molar-refractivity contribution < 1.29 is 14.3 Å². The first-order valence-electron chi connectivity index (χ1n) is 9.79. The van der Waals surface area contributed by atoms with Gasteiger partial charge in [-0.1, -0.05) is 13.0 Å². The molecule has 1 N–H and O–H groups in total. The number of hydrogen-bond acceptors (Lipinski definition) is 5. The van der Waals surface area contributed by atoms with E-state index in [4.69, 9.17) is 9.47 Å². The Labute approximate surface area is 176 Å². The first-order chi connectivity index (χ1) is 13.9. The number of rotatable bonds is 6. The zero-order chi connectivity index (χ0) is 21.0. The van der Waals surface area contributed by atoms with Crippen molar-refractivity contribution in [2.75, 3.05) is 12.4 Å². The molecule has 1 heterocycles. The number of methoxy groups -OCH3 is 1. The Morgan fingerprint density at radius 3 is 2.86 bits per heavy atom. The zero-order valence-electron chi connectivity index (χ0n) is 17.2. The van der Waals surface area contributed by atoms with Crippen LogP contribution in [-0.4, -0.2) is 19.1 Å². The molecule has 1 aliphatic carbocycles. The normalized spacial score (nSPS) is 15.8. The number of anilines is 1. The van der Waals surface area contributed by atoms with Gasteiger partial charge in [-0.3, -0.25) is 4.79 Å². The highest BCUT2D eigenvalue weighted by molar-refractivity contribution is 7.16. The molecule has 0 bridgehead atoms. The van der Waals surface area contributed by atoms with E-state index in [9.17, 15) is 10.1 Å². The molecule has 1 aromatic heterocycles. The van der Waals surface area contributed by atoms with E-state index in [1.807, 2.05) is 32.0 Å². The summed E-state index contributed by atoms with van der Waals surface area (Å²) in [6.07, 6.45) is 6.21. The first kappa shape index (κ1) is 20.9. The molecule has 5 nitrogen and oxygen atoms in total. The lowest BCUT2D eigenvalue weighted by Gasteiger charge is -2.17. The third kappa shape index (κ3) is 4.99. The number of ether oxygens (including phenoxy) is 2. The molecule has 1 atom stereocenters. The van der Waals surface area contributed by atoms with E-state index in [-0.39, 0.29) is 12.0 Å². The van der Waals surface area contributed by atoms with E-state index in [0.717, 1.165) is 30.4 Å². The largest absolute Gasteiger partial charge is 0.493 e. The van der Waals surface area contributed by atoms with Crippen molar-refractivity contribution in [2.45, 2.75) is 46.1 Å². The number of nitrogens with one attached hydrogen (secondary N) is 1. The van der Waals surface area contributed by atoms with Crippen LogP contribution in [0.5, 0.6) is 11.5 Å². The molecule has 0 radical (unpaired) electrons. The lowest BCUT2D eigenvalue weighted by Crippen LogP contribution is -2.10. The summed E-state index contributed by atoms with van der Waals surface area (Å²) in [5.74, 6) is 1.65. The molecule has 0 saturated heterocycles. The predicted molar refractivity (Wildman–Crippen MR) is 117 cm³/mol. The third-order valence-corrected chi connectivity index (χ3v) is 6.01. The van der Waals surface area contributed by atoms with E-state index in [0.29, 0.717) is 28.0 Å². The summed E-state index contributed by atoms with van der Waals surface area (Å²) in [7, 11) is 1.59.